The summed E-state index contributed by atoms with van der Waals surface area (Å²) in [6.45, 7) is 1.55. The molecule has 1 heterocycles. The van der Waals surface area contributed by atoms with Gasteiger partial charge in [0.15, 0.2) is 0 Å². The second-order valence-corrected chi connectivity index (χ2v) is 18.7. The van der Waals surface area contributed by atoms with Crippen molar-refractivity contribution in [3.63, 3.8) is 0 Å². The summed E-state index contributed by atoms with van der Waals surface area (Å²) in [5, 5.41) is 11.1. The molecule has 6 atom stereocenters. The highest BCUT2D eigenvalue weighted by Gasteiger charge is 2.47. The first kappa shape index (κ1) is 44.0. The van der Waals surface area contributed by atoms with Crippen molar-refractivity contribution in [1.82, 2.24) is 25.9 Å². The summed E-state index contributed by atoms with van der Waals surface area (Å²) in [6, 6.07) is 34.9. The quantitative estimate of drug-likeness (QED) is 0.0708. The average molecular weight is 883 g/mol. The van der Waals surface area contributed by atoms with Crippen LogP contribution in [0.5, 0.6) is 5.75 Å². The van der Waals surface area contributed by atoms with Gasteiger partial charge in [0.05, 0.1) is 12.2 Å². The Kier molecular flexibility index (Phi) is 14.8. The van der Waals surface area contributed by atoms with Gasteiger partial charge in [-0.1, -0.05) is 97.1 Å². The van der Waals surface area contributed by atoms with Crippen LogP contribution >= 0.6 is 23.5 Å². The fourth-order valence-corrected chi connectivity index (χ4v) is 11.5. The van der Waals surface area contributed by atoms with Crippen molar-refractivity contribution in [2.24, 2.45) is 11.8 Å². The first-order chi connectivity index (χ1) is 30.8. The van der Waals surface area contributed by atoms with Gasteiger partial charge in [-0.15, -0.1) is 0 Å². The fraction of sp³-hybridized carbons (Fsp3) is 0.360. The van der Waals surface area contributed by atoms with E-state index in [-0.39, 0.29) is 24.2 Å². The van der Waals surface area contributed by atoms with Gasteiger partial charge in [0.25, 0.3) is 0 Å². The van der Waals surface area contributed by atoms with Crippen molar-refractivity contribution in [1.29, 1.82) is 0 Å². The van der Waals surface area contributed by atoms with Gasteiger partial charge < -0.3 is 20.7 Å². The Labute approximate surface area is 377 Å². The van der Waals surface area contributed by atoms with E-state index in [9.17, 15) is 19.2 Å². The number of aryl methyl sites for hydroxylation is 1. The molecule has 0 spiro atoms. The number of carbonyl (C=O) groups excluding carboxylic acids is 4. The number of benzene rings is 4. The Bertz CT molecular complexity index is 2370. The minimum atomic E-state index is -0.928. The minimum Gasteiger partial charge on any atom is -0.489 e. The normalized spacial score (nSPS) is 19.2. The van der Waals surface area contributed by atoms with Crippen LogP contribution in [0.2, 0.25) is 0 Å². The lowest BCUT2D eigenvalue weighted by atomic mass is 9.60. The number of aromatic nitrogens is 2. The molecule has 3 aliphatic rings. The molecule has 326 valence electrons. The van der Waals surface area contributed by atoms with Crippen molar-refractivity contribution in [3.8, 4) is 5.75 Å². The zero-order valence-corrected chi connectivity index (χ0v) is 37.1. The van der Waals surface area contributed by atoms with Gasteiger partial charge in [0.2, 0.25) is 29.6 Å². The Morgan fingerprint density at radius 1 is 0.714 bits per heavy atom. The summed E-state index contributed by atoms with van der Waals surface area (Å²) < 4.78 is 6.18. The molecule has 0 saturated heterocycles. The summed E-state index contributed by atoms with van der Waals surface area (Å²) in [5.74, 6) is 3.09. The molecule has 8 rings (SSSR count). The van der Waals surface area contributed by atoms with Gasteiger partial charge in [0.1, 0.15) is 24.4 Å². The molecule has 3 aliphatic carbocycles. The average Bonchev–Trinajstić information content (AvgIpc) is 3.68. The second kappa shape index (κ2) is 21.1. The van der Waals surface area contributed by atoms with Gasteiger partial charge in [-0.2, -0.15) is 23.5 Å². The highest BCUT2D eigenvalue weighted by atomic mass is 32.2. The number of rotatable bonds is 18. The summed E-state index contributed by atoms with van der Waals surface area (Å²) >= 11 is 3.03. The molecule has 4 N–H and O–H groups in total. The fourth-order valence-electron chi connectivity index (χ4n) is 9.43. The van der Waals surface area contributed by atoms with E-state index in [0.29, 0.717) is 47.5 Å². The predicted molar refractivity (Wildman–Crippen MR) is 249 cm³/mol. The van der Waals surface area contributed by atoms with Crippen molar-refractivity contribution < 1.29 is 23.9 Å². The number of anilines is 1. The van der Waals surface area contributed by atoms with E-state index in [0.717, 1.165) is 65.8 Å². The SMILES string of the molecule is CC(=O)NC(CSCc1ccccc1)C(=O)NCC(=O)NC(CSCc1ccccc1)C(=O)Nc1ncc2c(n1)C1CCC3c4ccc(OCc5ccccc5)cc4CCC3C1C2. The first-order valence-electron chi connectivity index (χ1n) is 21.8. The highest BCUT2D eigenvalue weighted by molar-refractivity contribution is 7.98. The third-order valence-electron chi connectivity index (χ3n) is 12.4. The van der Waals surface area contributed by atoms with E-state index in [1.54, 1.807) is 0 Å². The molecular weight excluding hydrogens is 829 g/mol. The zero-order chi connectivity index (χ0) is 43.5. The van der Waals surface area contributed by atoms with E-state index in [1.165, 1.54) is 41.6 Å². The number of fused-ring (bicyclic) bond motifs is 7. The lowest BCUT2D eigenvalue weighted by molar-refractivity contribution is -0.130. The van der Waals surface area contributed by atoms with Crippen LogP contribution in [0.15, 0.2) is 115 Å². The van der Waals surface area contributed by atoms with Gasteiger partial charge in [-0.05, 0) is 95.4 Å². The topological polar surface area (TPSA) is 151 Å². The number of nitrogens with one attached hydrogen (secondary N) is 4. The second-order valence-electron chi connectivity index (χ2n) is 16.7. The van der Waals surface area contributed by atoms with Crippen LogP contribution in [0.1, 0.15) is 77.1 Å². The third kappa shape index (κ3) is 11.5. The molecule has 11 nitrogen and oxygen atoms in total. The largest absolute Gasteiger partial charge is 0.489 e. The lowest BCUT2D eigenvalue weighted by Gasteiger charge is -2.44. The maximum atomic E-state index is 14.0. The van der Waals surface area contributed by atoms with Crippen molar-refractivity contribution in [2.45, 2.75) is 81.1 Å². The molecule has 13 heteroatoms. The standard InChI is InChI=1S/C50H54N6O5S2/c1-32(57)53-44(30-62-28-34-13-7-3-8-14-34)48(59)51-26-46(58)54-45(31-63-29-35-15-9-4-10-16-35)49(60)56-50-52-25-37-24-43-41-19-17-36-23-38(61-27-33-11-5-2-6-12-33)18-20-39(36)40(41)21-22-42(43)47(37)55-50/h2-16,18,20,23,25,40-45H,17,19,21-22,24,26-31H2,1H3,(H,51,59)(H,53,57)(H,54,58)(H,52,55,56,60). The number of ether oxygens (including phenoxy) is 1. The minimum absolute atomic E-state index is 0.227. The van der Waals surface area contributed by atoms with E-state index >= 15 is 0 Å². The first-order valence-corrected chi connectivity index (χ1v) is 24.1. The summed E-state index contributed by atoms with van der Waals surface area (Å²) in [6.07, 6.45) is 7.04. The monoisotopic (exact) mass is 882 g/mol. The summed E-state index contributed by atoms with van der Waals surface area (Å²) in [7, 11) is 0. The molecule has 1 aromatic heterocycles. The lowest BCUT2D eigenvalue weighted by Crippen LogP contribution is -2.52. The summed E-state index contributed by atoms with van der Waals surface area (Å²) in [4.78, 5) is 62.0. The molecule has 6 unspecified atom stereocenters. The molecule has 5 aromatic rings. The molecule has 4 amide bonds. The molecule has 4 aromatic carbocycles. The maximum Gasteiger partial charge on any atom is 0.250 e. The number of carbonyl (C=O) groups is 4. The van der Waals surface area contributed by atoms with Crippen LogP contribution in [-0.4, -0.2) is 63.7 Å². The number of thioether (sulfide) groups is 2. The Balaban J connectivity index is 0.882. The maximum absolute atomic E-state index is 14.0. The number of hydrogen-bond acceptors (Lipinski definition) is 9. The Morgan fingerprint density at radius 3 is 2.02 bits per heavy atom. The molecule has 1 saturated carbocycles. The van der Waals surface area contributed by atoms with E-state index < -0.39 is 29.8 Å². The van der Waals surface area contributed by atoms with Crippen LogP contribution in [0.3, 0.4) is 0 Å². The van der Waals surface area contributed by atoms with Crippen LogP contribution in [0, 0.1) is 11.8 Å². The molecular formula is C50H54N6O5S2. The van der Waals surface area contributed by atoms with Crippen LogP contribution in [0.25, 0.3) is 0 Å². The third-order valence-corrected chi connectivity index (χ3v) is 14.6. The Hall–Kier alpha value is -5.66. The van der Waals surface area contributed by atoms with Gasteiger partial charge in [-0.25, -0.2) is 9.97 Å². The molecule has 63 heavy (non-hydrogen) atoms. The highest BCUT2D eigenvalue weighted by Crippen LogP contribution is 2.57. The smallest absolute Gasteiger partial charge is 0.250 e. The molecule has 0 radical (unpaired) electrons. The number of hydrogen-bond donors (Lipinski definition) is 4. The molecule has 0 bridgehead atoms. The van der Waals surface area contributed by atoms with E-state index in [4.69, 9.17) is 9.72 Å². The zero-order valence-electron chi connectivity index (χ0n) is 35.5. The van der Waals surface area contributed by atoms with Crippen LogP contribution < -0.4 is 26.0 Å². The molecule has 1 fully saturated rings. The van der Waals surface area contributed by atoms with E-state index in [1.807, 2.05) is 85.1 Å². The number of amides is 4. The summed E-state index contributed by atoms with van der Waals surface area (Å²) in [5.41, 5.74) is 8.38. The van der Waals surface area contributed by atoms with Gasteiger partial charge in [-0.3, -0.25) is 24.5 Å². The van der Waals surface area contributed by atoms with Gasteiger partial charge >= 0.3 is 0 Å². The van der Waals surface area contributed by atoms with Crippen LogP contribution in [0.4, 0.5) is 5.95 Å². The van der Waals surface area contributed by atoms with Crippen molar-refractivity contribution >= 4 is 53.1 Å². The Morgan fingerprint density at radius 2 is 1.35 bits per heavy atom. The van der Waals surface area contributed by atoms with Crippen molar-refractivity contribution in [3.05, 3.63) is 154 Å². The molecule has 0 aliphatic heterocycles. The van der Waals surface area contributed by atoms with Crippen molar-refractivity contribution in [2.75, 3.05) is 23.4 Å². The number of nitrogens with zero attached hydrogens (tertiary/aromatic N) is 2. The van der Waals surface area contributed by atoms with Crippen LogP contribution in [-0.2, 0) is 50.1 Å². The van der Waals surface area contributed by atoms with Gasteiger partial charge in [0, 0.05) is 42.0 Å². The van der Waals surface area contributed by atoms with E-state index in [2.05, 4.69) is 56.6 Å². The predicted octanol–water partition coefficient (Wildman–Crippen LogP) is 7.36.